The van der Waals surface area contributed by atoms with Gasteiger partial charge in [-0.1, -0.05) is 0 Å². The van der Waals surface area contributed by atoms with Crippen LogP contribution in [-0.2, 0) is 0 Å². The Labute approximate surface area is 120 Å². The van der Waals surface area contributed by atoms with Crippen molar-refractivity contribution < 1.29 is 4.92 Å². The number of nitrogens with two attached hydrogens (primary N) is 1. The molecule has 0 aliphatic rings. The zero-order valence-electron chi connectivity index (χ0n) is 11.5. The number of aromatic nitrogens is 1. The van der Waals surface area contributed by atoms with E-state index in [9.17, 15) is 10.1 Å². The number of rotatable bonds is 4. The van der Waals surface area contributed by atoms with Gasteiger partial charge in [-0.2, -0.15) is 0 Å². The average molecular weight is 292 g/mol. The normalized spacial score (nSPS) is 12.2. The summed E-state index contributed by atoms with van der Waals surface area (Å²) in [5, 5.41) is 14.1. The smallest absolute Gasteiger partial charge is 0.311 e. The number of hydrogen-bond acceptors (Lipinski definition) is 6. The minimum Gasteiger partial charge on any atom is -0.384 e. The summed E-state index contributed by atoms with van der Waals surface area (Å²) in [4.78, 5) is 17.0. The topological polar surface area (TPSA) is 94.1 Å². The van der Waals surface area contributed by atoms with Crippen LogP contribution in [0.15, 0.2) is 18.2 Å². The Morgan fingerprint density at radius 1 is 1.45 bits per heavy atom. The summed E-state index contributed by atoms with van der Waals surface area (Å²) in [7, 11) is 0. The first kappa shape index (κ1) is 14.3. The molecule has 2 aromatic rings. The van der Waals surface area contributed by atoms with Crippen LogP contribution in [0.3, 0.4) is 0 Å². The second-order valence-corrected chi connectivity index (χ2v) is 6.06. The third kappa shape index (κ3) is 2.88. The molecule has 0 aliphatic carbocycles. The van der Waals surface area contributed by atoms with E-state index >= 15 is 0 Å². The standard InChI is InChI=1S/C13H16N4O2S/c1-7-6-10(9(3)20-7)8(2)15-13-11(17(18)19)4-5-12(14)16-13/h4-6,8H,1-3H3,(H3,14,15,16). The summed E-state index contributed by atoms with van der Waals surface area (Å²) in [6, 6.07) is 4.79. The van der Waals surface area contributed by atoms with Gasteiger partial charge in [-0.3, -0.25) is 10.1 Å². The van der Waals surface area contributed by atoms with Crippen LogP contribution in [0.2, 0.25) is 0 Å². The van der Waals surface area contributed by atoms with Crippen molar-refractivity contribution in [2.75, 3.05) is 11.1 Å². The van der Waals surface area contributed by atoms with Gasteiger partial charge >= 0.3 is 5.69 Å². The van der Waals surface area contributed by atoms with Crippen molar-refractivity contribution in [2.24, 2.45) is 0 Å². The van der Waals surface area contributed by atoms with Gasteiger partial charge in [0.05, 0.1) is 11.0 Å². The molecule has 0 spiro atoms. The molecule has 6 nitrogen and oxygen atoms in total. The minimum absolute atomic E-state index is 0.0735. The van der Waals surface area contributed by atoms with E-state index in [1.807, 2.05) is 20.8 Å². The van der Waals surface area contributed by atoms with Gasteiger partial charge in [0.2, 0.25) is 5.82 Å². The molecule has 0 aromatic carbocycles. The maximum Gasteiger partial charge on any atom is 0.311 e. The summed E-state index contributed by atoms with van der Waals surface area (Å²) in [6.07, 6.45) is 0. The Morgan fingerprint density at radius 2 is 2.15 bits per heavy atom. The highest BCUT2D eigenvalue weighted by Crippen LogP contribution is 2.31. The Bertz CT molecular complexity index is 654. The predicted molar refractivity (Wildman–Crippen MR) is 81.1 cm³/mol. The fourth-order valence-electron chi connectivity index (χ4n) is 2.08. The van der Waals surface area contributed by atoms with E-state index < -0.39 is 4.92 Å². The molecular formula is C13H16N4O2S. The van der Waals surface area contributed by atoms with E-state index in [-0.39, 0.29) is 23.4 Å². The molecule has 0 fully saturated rings. The molecule has 106 valence electrons. The number of nitrogens with one attached hydrogen (secondary N) is 1. The highest BCUT2D eigenvalue weighted by Gasteiger charge is 2.19. The third-order valence-corrected chi connectivity index (χ3v) is 3.97. The van der Waals surface area contributed by atoms with E-state index in [4.69, 9.17) is 5.73 Å². The van der Waals surface area contributed by atoms with Gasteiger partial charge in [0.1, 0.15) is 5.82 Å². The van der Waals surface area contributed by atoms with Crippen LogP contribution in [0.5, 0.6) is 0 Å². The zero-order chi connectivity index (χ0) is 14.9. The number of pyridine rings is 1. The lowest BCUT2D eigenvalue weighted by atomic mass is 10.1. The van der Waals surface area contributed by atoms with Crippen LogP contribution in [0.25, 0.3) is 0 Å². The van der Waals surface area contributed by atoms with Gasteiger partial charge in [0.15, 0.2) is 0 Å². The van der Waals surface area contributed by atoms with Crippen molar-refractivity contribution in [1.29, 1.82) is 0 Å². The van der Waals surface area contributed by atoms with Crippen LogP contribution in [0.1, 0.15) is 28.3 Å². The Hall–Kier alpha value is -2.15. The molecule has 7 heteroatoms. The summed E-state index contributed by atoms with van der Waals surface area (Å²) in [5.41, 5.74) is 6.65. The van der Waals surface area contributed by atoms with E-state index in [0.29, 0.717) is 0 Å². The van der Waals surface area contributed by atoms with Crippen molar-refractivity contribution in [1.82, 2.24) is 4.98 Å². The van der Waals surface area contributed by atoms with E-state index in [0.717, 1.165) is 5.56 Å². The van der Waals surface area contributed by atoms with E-state index in [1.54, 1.807) is 11.3 Å². The van der Waals surface area contributed by atoms with Crippen molar-refractivity contribution >= 4 is 28.7 Å². The SMILES string of the molecule is Cc1cc(C(C)Nc2nc(N)ccc2[N+](=O)[O-])c(C)s1. The zero-order valence-corrected chi connectivity index (χ0v) is 12.3. The highest BCUT2D eigenvalue weighted by molar-refractivity contribution is 7.12. The molecule has 1 atom stereocenters. The van der Waals surface area contributed by atoms with Gasteiger partial charge < -0.3 is 11.1 Å². The fraction of sp³-hybridized carbons (Fsp3) is 0.308. The van der Waals surface area contributed by atoms with Crippen LogP contribution in [0.4, 0.5) is 17.3 Å². The van der Waals surface area contributed by atoms with Gasteiger partial charge in [0.25, 0.3) is 0 Å². The first-order valence-corrected chi connectivity index (χ1v) is 6.94. The molecule has 0 aliphatic heterocycles. The monoisotopic (exact) mass is 292 g/mol. The Kier molecular flexibility index (Phi) is 3.89. The summed E-state index contributed by atoms with van der Waals surface area (Å²) in [6.45, 7) is 6.02. The van der Waals surface area contributed by atoms with Crippen molar-refractivity contribution in [2.45, 2.75) is 26.8 Å². The van der Waals surface area contributed by atoms with Gasteiger partial charge in [-0.25, -0.2) is 4.98 Å². The molecule has 2 rings (SSSR count). The maximum absolute atomic E-state index is 11.0. The molecule has 0 radical (unpaired) electrons. The molecule has 0 bridgehead atoms. The van der Waals surface area contributed by atoms with Gasteiger partial charge in [-0.05, 0) is 38.5 Å². The second-order valence-electron chi connectivity index (χ2n) is 4.60. The predicted octanol–water partition coefficient (Wildman–Crippen LogP) is 3.42. The molecule has 2 aromatic heterocycles. The maximum atomic E-state index is 11.0. The first-order chi connectivity index (χ1) is 9.38. The second kappa shape index (κ2) is 5.46. The molecule has 20 heavy (non-hydrogen) atoms. The molecular weight excluding hydrogens is 276 g/mol. The fourth-order valence-corrected chi connectivity index (χ4v) is 3.11. The third-order valence-electron chi connectivity index (χ3n) is 2.99. The number of nitro groups is 1. The van der Waals surface area contributed by atoms with Crippen molar-refractivity contribution in [3.8, 4) is 0 Å². The number of hydrogen-bond donors (Lipinski definition) is 2. The molecule has 3 N–H and O–H groups in total. The summed E-state index contributed by atoms with van der Waals surface area (Å²) < 4.78 is 0. The number of thiophene rings is 1. The Morgan fingerprint density at radius 3 is 2.70 bits per heavy atom. The van der Waals surface area contributed by atoms with Crippen LogP contribution < -0.4 is 11.1 Å². The quantitative estimate of drug-likeness (QED) is 0.665. The van der Waals surface area contributed by atoms with Crippen LogP contribution >= 0.6 is 11.3 Å². The number of aryl methyl sites for hydroxylation is 2. The van der Waals surface area contributed by atoms with Crippen molar-refractivity contribution in [3.05, 3.63) is 43.6 Å². The van der Waals surface area contributed by atoms with Gasteiger partial charge in [0, 0.05) is 15.8 Å². The molecule has 0 saturated heterocycles. The lowest BCUT2D eigenvalue weighted by Gasteiger charge is -2.14. The molecule has 1 unspecified atom stereocenters. The lowest BCUT2D eigenvalue weighted by Crippen LogP contribution is -2.10. The number of anilines is 2. The molecule has 0 saturated carbocycles. The van der Waals surface area contributed by atoms with E-state index in [1.165, 1.54) is 21.9 Å². The highest BCUT2D eigenvalue weighted by atomic mass is 32.1. The summed E-state index contributed by atoms with van der Waals surface area (Å²) >= 11 is 1.70. The van der Waals surface area contributed by atoms with Gasteiger partial charge in [-0.15, -0.1) is 11.3 Å². The van der Waals surface area contributed by atoms with Crippen LogP contribution in [-0.4, -0.2) is 9.91 Å². The number of nitrogen functional groups attached to an aromatic ring is 1. The molecule has 0 amide bonds. The number of nitrogens with zero attached hydrogens (tertiary/aromatic N) is 2. The average Bonchev–Trinajstić information content (AvgIpc) is 2.68. The first-order valence-electron chi connectivity index (χ1n) is 6.13. The molecule has 2 heterocycles. The van der Waals surface area contributed by atoms with Crippen LogP contribution in [0, 0.1) is 24.0 Å². The largest absolute Gasteiger partial charge is 0.384 e. The lowest BCUT2D eigenvalue weighted by molar-refractivity contribution is -0.384. The van der Waals surface area contributed by atoms with Crippen molar-refractivity contribution in [3.63, 3.8) is 0 Å². The minimum atomic E-state index is -0.465. The summed E-state index contributed by atoms with van der Waals surface area (Å²) in [5.74, 6) is 0.453. The Balaban J connectivity index is 2.32. The van der Waals surface area contributed by atoms with E-state index in [2.05, 4.69) is 16.4 Å².